The van der Waals surface area contributed by atoms with Crippen molar-refractivity contribution < 1.29 is 18.6 Å². The van der Waals surface area contributed by atoms with Crippen molar-refractivity contribution >= 4 is 22.5 Å². The molecule has 1 aromatic carbocycles. The standard InChI is InChI=1S/C26H34FN7O3/c1-33(2)9-14-36-26-23(27)25(30-17-31-26)32-18-3-5-20(6-4-18)37-22-16-19(34-10-12-35-13-11-34)15-21-24(22)29-8-7-28-21/h7-8,15-18,20H,3-6,9-14H2,1-2H3,(H,30,31,32). The molecule has 10 nitrogen and oxygen atoms in total. The van der Waals surface area contributed by atoms with Crippen molar-refractivity contribution in [3.05, 3.63) is 36.7 Å². The molecule has 11 heteroatoms. The normalized spacial score (nSPS) is 20.3. The summed E-state index contributed by atoms with van der Waals surface area (Å²) in [6.07, 6.45) is 8.10. The third kappa shape index (κ3) is 6.34. The molecule has 3 heterocycles. The second-order valence-electron chi connectivity index (χ2n) is 9.70. The van der Waals surface area contributed by atoms with Crippen LogP contribution in [0.15, 0.2) is 30.9 Å². The van der Waals surface area contributed by atoms with E-state index in [4.69, 9.17) is 14.2 Å². The third-order valence-electron chi connectivity index (χ3n) is 6.74. The lowest BCUT2D eigenvalue weighted by atomic mass is 9.93. The Hall–Kier alpha value is -3.31. The Morgan fingerprint density at radius 1 is 1.05 bits per heavy atom. The summed E-state index contributed by atoms with van der Waals surface area (Å²) in [4.78, 5) is 21.4. The van der Waals surface area contributed by atoms with Crippen LogP contribution in [-0.4, -0.2) is 90.5 Å². The first-order valence-corrected chi connectivity index (χ1v) is 12.9. The number of rotatable bonds is 9. The monoisotopic (exact) mass is 511 g/mol. The minimum atomic E-state index is -0.551. The molecule has 2 aromatic heterocycles. The summed E-state index contributed by atoms with van der Waals surface area (Å²) in [5, 5.41) is 3.24. The number of likely N-dealkylation sites (N-methyl/N-ethyl adjacent to an activating group) is 1. The van der Waals surface area contributed by atoms with Gasteiger partial charge in [-0.2, -0.15) is 9.37 Å². The van der Waals surface area contributed by atoms with Crippen LogP contribution in [0.2, 0.25) is 0 Å². The van der Waals surface area contributed by atoms with Gasteiger partial charge >= 0.3 is 0 Å². The molecule has 1 saturated carbocycles. The van der Waals surface area contributed by atoms with E-state index in [1.165, 1.54) is 6.33 Å². The van der Waals surface area contributed by atoms with Crippen molar-refractivity contribution in [2.24, 2.45) is 0 Å². The van der Waals surface area contributed by atoms with Gasteiger partial charge in [0.1, 0.15) is 24.2 Å². The van der Waals surface area contributed by atoms with E-state index in [1.807, 2.05) is 19.0 Å². The average molecular weight is 512 g/mol. The Balaban J connectivity index is 1.21. The highest BCUT2D eigenvalue weighted by molar-refractivity contribution is 5.85. The molecule has 0 atom stereocenters. The predicted molar refractivity (Wildman–Crippen MR) is 139 cm³/mol. The molecule has 1 aliphatic heterocycles. The number of hydrogen-bond donors (Lipinski definition) is 1. The van der Waals surface area contributed by atoms with E-state index in [9.17, 15) is 4.39 Å². The Kier molecular flexibility index (Phi) is 8.10. The molecule has 198 valence electrons. The minimum Gasteiger partial charge on any atom is -0.488 e. The first kappa shape index (κ1) is 25.3. The highest BCUT2D eigenvalue weighted by atomic mass is 19.1. The van der Waals surface area contributed by atoms with E-state index >= 15 is 0 Å². The minimum absolute atomic E-state index is 0.0236. The van der Waals surface area contributed by atoms with Gasteiger partial charge in [0.2, 0.25) is 5.82 Å². The van der Waals surface area contributed by atoms with Gasteiger partial charge in [-0.25, -0.2) is 9.97 Å². The van der Waals surface area contributed by atoms with Crippen LogP contribution in [0.4, 0.5) is 15.9 Å². The van der Waals surface area contributed by atoms with Crippen LogP contribution in [0, 0.1) is 5.82 Å². The van der Waals surface area contributed by atoms with Crippen LogP contribution in [-0.2, 0) is 4.74 Å². The van der Waals surface area contributed by atoms with Gasteiger partial charge in [-0.05, 0) is 45.8 Å². The van der Waals surface area contributed by atoms with Gasteiger partial charge in [0.05, 0.1) is 24.8 Å². The van der Waals surface area contributed by atoms with Crippen molar-refractivity contribution in [2.75, 3.05) is 63.8 Å². The van der Waals surface area contributed by atoms with Crippen LogP contribution in [0.25, 0.3) is 11.0 Å². The van der Waals surface area contributed by atoms with E-state index < -0.39 is 5.82 Å². The zero-order valence-electron chi connectivity index (χ0n) is 21.4. The lowest BCUT2D eigenvalue weighted by Crippen LogP contribution is -2.36. The van der Waals surface area contributed by atoms with Crippen LogP contribution in [0.5, 0.6) is 11.6 Å². The summed E-state index contributed by atoms with van der Waals surface area (Å²) in [6.45, 7) is 4.12. The van der Waals surface area contributed by atoms with E-state index in [2.05, 4.69) is 42.3 Å². The Bertz CT molecular complexity index is 1180. The number of benzene rings is 1. The van der Waals surface area contributed by atoms with Gasteiger partial charge in [0.15, 0.2) is 5.82 Å². The number of hydrogen-bond acceptors (Lipinski definition) is 10. The second-order valence-corrected chi connectivity index (χ2v) is 9.70. The number of fused-ring (bicyclic) bond motifs is 1. The lowest BCUT2D eigenvalue weighted by Gasteiger charge is -2.31. The summed E-state index contributed by atoms with van der Waals surface area (Å²) >= 11 is 0. The molecule has 0 spiro atoms. The van der Waals surface area contributed by atoms with Crippen LogP contribution in [0.3, 0.4) is 0 Å². The second kappa shape index (κ2) is 11.8. The van der Waals surface area contributed by atoms with Crippen molar-refractivity contribution in [1.82, 2.24) is 24.8 Å². The summed E-state index contributed by atoms with van der Waals surface area (Å²) in [5.74, 6) is 0.359. The number of nitrogens with one attached hydrogen (secondary N) is 1. The van der Waals surface area contributed by atoms with Crippen molar-refractivity contribution in [3.8, 4) is 11.6 Å². The van der Waals surface area contributed by atoms with Crippen molar-refractivity contribution in [1.29, 1.82) is 0 Å². The summed E-state index contributed by atoms with van der Waals surface area (Å²) < 4.78 is 32.4. The molecule has 2 fully saturated rings. The number of anilines is 2. The van der Waals surface area contributed by atoms with Gasteiger partial charge in [0, 0.05) is 49.8 Å². The largest absolute Gasteiger partial charge is 0.488 e. The zero-order valence-corrected chi connectivity index (χ0v) is 21.4. The fourth-order valence-electron chi connectivity index (χ4n) is 4.70. The van der Waals surface area contributed by atoms with Crippen LogP contribution in [0.1, 0.15) is 25.7 Å². The quantitative estimate of drug-likeness (QED) is 0.461. The number of morpholine rings is 1. The lowest BCUT2D eigenvalue weighted by molar-refractivity contribution is 0.122. The molecular weight excluding hydrogens is 477 g/mol. The number of aromatic nitrogens is 4. The smallest absolute Gasteiger partial charge is 0.255 e. The molecule has 0 radical (unpaired) electrons. The number of halogens is 1. The zero-order chi connectivity index (χ0) is 25.6. The van der Waals surface area contributed by atoms with Gasteiger partial charge in [-0.1, -0.05) is 0 Å². The van der Waals surface area contributed by atoms with Gasteiger partial charge in [-0.15, -0.1) is 0 Å². The van der Waals surface area contributed by atoms with E-state index in [0.29, 0.717) is 26.4 Å². The van der Waals surface area contributed by atoms with E-state index in [-0.39, 0.29) is 23.8 Å². The maximum Gasteiger partial charge on any atom is 0.255 e. The fraction of sp³-hybridized carbons (Fsp3) is 0.538. The third-order valence-corrected chi connectivity index (χ3v) is 6.74. The molecule has 1 saturated heterocycles. The van der Waals surface area contributed by atoms with Crippen molar-refractivity contribution in [3.63, 3.8) is 0 Å². The molecule has 2 aliphatic rings. The summed E-state index contributed by atoms with van der Waals surface area (Å²) in [6, 6.07) is 4.23. The average Bonchev–Trinajstić information content (AvgIpc) is 2.92. The highest BCUT2D eigenvalue weighted by Gasteiger charge is 2.26. The van der Waals surface area contributed by atoms with Crippen LogP contribution < -0.4 is 19.7 Å². The van der Waals surface area contributed by atoms with Crippen molar-refractivity contribution in [2.45, 2.75) is 37.8 Å². The Labute approximate surface area is 216 Å². The first-order valence-electron chi connectivity index (χ1n) is 12.9. The van der Waals surface area contributed by atoms with E-state index in [0.717, 1.165) is 61.2 Å². The molecule has 0 unspecified atom stereocenters. The first-order chi connectivity index (χ1) is 18.1. The Morgan fingerprint density at radius 2 is 1.84 bits per heavy atom. The van der Waals surface area contributed by atoms with Gasteiger partial charge < -0.3 is 29.3 Å². The number of ether oxygens (including phenoxy) is 3. The fourth-order valence-corrected chi connectivity index (χ4v) is 4.70. The molecule has 0 bridgehead atoms. The topological polar surface area (TPSA) is 97.8 Å². The van der Waals surface area contributed by atoms with Gasteiger partial charge in [-0.3, -0.25) is 4.98 Å². The summed E-state index contributed by atoms with van der Waals surface area (Å²) in [5.41, 5.74) is 2.66. The van der Waals surface area contributed by atoms with Gasteiger partial charge in [0.25, 0.3) is 5.88 Å². The molecular formula is C26H34FN7O3. The highest BCUT2D eigenvalue weighted by Crippen LogP contribution is 2.33. The maximum atomic E-state index is 14.9. The molecule has 1 N–H and O–H groups in total. The maximum absolute atomic E-state index is 14.9. The molecule has 1 aliphatic carbocycles. The number of nitrogens with zero attached hydrogens (tertiary/aromatic N) is 6. The Morgan fingerprint density at radius 3 is 2.62 bits per heavy atom. The summed E-state index contributed by atoms with van der Waals surface area (Å²) in [7, 11) is 3.87. The molecule has 0 amide bonds. The predicted octanol–water partition coefficient (Wildman–Crippen LogP) is 3.14. The SMILES string of the molecule is CN(C)CCOc1ncnc(NC2CCC(Oc3cc(N4CCOCC4)cc4nccnc34)CC2)c1F. The molecule has 37 heavy (non-hydrogen) atoms. The molecule has 5 rings (SSSR count). The molecule has 3 aromatic rings. The van der Waals surface area contributed by atoms with Crippen LogP contribution >= 0.6 is 0 Å². The van der Waals surface area contributed by atoms with E-state index in [1.54, 1.807) is 12.4 Å².